The van der Waals surface area contributed by atoms with Gasteiger partial charge in [-0.2, -0.15) is 0 Å². The monoisotopic (exact) mass is 427 g/mol. The zero-order chi connectivity index (χ0) is 21.9. The van der Waals surface area contributed by atoms with Gasteiger partial charge >= 0.3 is 0 Å². The van der Waals surface area contributed by atoms with Gasteiger partial charge in [0.1, 0.15) is 0 Å². The zero-order valence-corrected chi connectivity index (χ0v) is 18.8. The summed E-state index contributed by atoms with van der Waals surface area (Å²) >= 11 is 0. The van der Waals surface area contributed by atoms with Crippen LogP contribution < -0.4 is 4.90 Å². The van der Waals surface area contributed by atoms with Crippen LogP contribution in [-0.4, -0.2) is 58.3 Å². The van der Waals surface area contributed by atoms with Crippen molar-refractivity contribution in [3.8, 4) is 0 Å². The molecule has 0 radical (unpaired) electrons. The second kappa shape index (κ2) is 9.02. The largest absolute Gasteiger partial charge is 0.378 e. The minimum atomic E-state index is -3.46. The quantitative estimate of drug-likeness (QED) is 0.663. The van der Waals surface area contributed by atoms with Crippen LogP contribution in [0.5, 0.6) is 0 Å². The molecule has 0 aliphatic carbocycles. The molecule has 2 aromatic carbocycles. The fourth-order valence-corrected chi connectivity index (χ4v) is 4.51. The number of hydrogen-bond acceptors (Lipinski definition) is 4. The van der Waals surface area contributed by atoms with Gasteiger partial charge in [0, 0.05) is 46.5 Å². The number of benzene rings is 2. The lowest BCUT2D eigenvalue weighted by Crippen LogP contribution is -2.29. The molecular weight excluding hydrogens is 398 g/mol. The Kier molecular flexibility index (Phi) is 6.63. The number of rotatable bonds is 6. The Hall–Kier alpha value is -2.64. The molecule has 160 valence electrons. The van der Waals surface area contributed by atoms with E-state index in [1.165, 1.54) is 18.4 Å². The molecule has 1 amide bonds. The predicted octanol–water partition coefficient (Wildman–Crippen LogP) is 3.38. The van der Waals surface area contributed by atoms with Gasteiger partial charge in [-0.25, -0.2) is 12.7 Å². The summed E-state index contributed by atoms with van der Waals surface area (Å²) in [6.07, 6.45) is 5.24. The van der Waals surface area contributed by atoms with Crippen LogP contribution in [0.15, 0.2) is 59.5 Å². The molecule has 0 saturated carbocycles. The van der Waals surface area contributed by atoms with Crippen LogP contribution >= 0.6 is 0 Å². The van der Waals surface area contributed by atoms with E-state index < -0.39 is 10.0 Å². The van der Waals surface area contributed by atoms with E-state index in [1.807, 2.05) is 25.1 Å². The molecule has 1 fully saturated rings. The molecular formula is C23H29N3O3S. The van der Waals surface area contributed by atoms with Crippen LogP contribution in [0.4, 0.5) is 5.69 Å². The summed E-state index contributed by atoms with van der Waals surface area (Å²) < 4.78 is 25.5. The molecule has 0 N–H and O–H groups in total. The van der Waals surface area contributed by atoms with E-state index in [0.29, 0.717) is 0 Å². The lowest BCUT2D eigenvalue weighted by Gasteiger charge is -2.25. The first-order valence-electron chi connectivity index (χ1n) is 9.98. The van der Waals surface area contributed by atoms with E-state index in [1.54, 1.807) is 36.4 Å². The second-order valence-electron chi connectivity index (χ2n) is 7.87. The van der Waals surface area contributed by atoms with E-state index in [4.69, 9.17) is 0 Å². The number of sulfonamides is 1. The lowest BCUT2D eigenvalue weighted by molar-refractivity contribution is -0.126. The smallest absolute Gasteiger partial charge is 0.247 e. The Morgan fingerprint density at radius 3 is 2.40 bits per heavy atom. The molecule has 30 heavy (non-hydrogen) atoms. The number of hydrogen-bond donors (Lipinski definition) is 0. The molecule has 1 saturated heterocycles. The summed E-state index contributed by atoms with van der Waals surface area (Å²) in [5, 5.41) is 0. The summed E-state index contributed by atoms with van der Waals surface area (Å²) in [5.74, 6) is -0.0299. The number of nitrogens with zero attached hydrogens (tertiary/aromatic N) is 3. The van der Waals surface area contributed by atoms with E-state index in [-0.39, 0.29) is 16.8 Å². The molecule has 0 aromatic heterocycles. The molecule has 1 aliphatic heterocycles. The van der Waals surface area contributed by atoms with Gasteiger partial charge in [-0.3, -0.25) is 4.79 Å². The van der Waals surface area contributed by atoms with Crippen molar-refractivity contribution in [2.24, 2.45) is 0 Å². The highest BCUT2D eigenvalue weighted by Gasteiger charge is 2.29. The van der Waals surface area contributed by atoms with Gasteiger partial charge in [-0.15, -0.1) is 0 Å². The Labute approximate surface area is 179 Å². The maximum Gasteiger partial charge on any atom is 0.247 e. The van der Waals surface area contributed by atoms with Crippen LogP contribution in [0.3, 0.4) is 0 Å². The second-order valence-corrected chi connectivity index (χ2v) is 10.0. The third kappa shape index (κ3) is 4.74. The van der Waals surface area contributed by atoms with Gasteiger partial charge in [-0.05, 0) is 54.3 Å². The van der Waals surface area contributed by atoms with Crippen molar-refractivity contribution < 1.29 is 13.2 Å². The van der Waals surface area contributed by atoms with Crippen molar-refractivity contribution in [2.45, 2.75) is 23.8 Å². The lowest BCUT2D eigenvalue weighted by atomic mass is 10.0. The highest BCUT2D eigenvalue weighted by Crippen LogP contribution is 2.33. The third-order valence-electron chi connectivity index (χ3n) is 5.38. The van der Waals surface area contributed by atoms with Crippen molar-refractivity contribution in [3.63, 3.8) is 0 Å². The first-order valence-corrected chi connectivity index (χ1v) is 11.4. The van der Waals surface area contributed by atoms with Crippen molar-refractivity contribution >= 4 is 27.7 Å². The third-order valence-corrected chi connectivity index (χ3v) is 7.21. The molecule has 7 heteroatoms. The van der Waals surface area contributed by atoms with Gasteiger partial charge < -0.3 is 9.80 Å². The first kappa shape index (κ1) is 22.1. The van der Waals surface area contributed by atoms with Gasteiger partial charge in [-0.1, -0.05) is 24.3 Å². The molecule has 1 heterocycles. The molecule has 1 unspecified atom stereocenters. The van der Waals surface area contributed by atoms with Crippen molar-refractivity contribution in [1.82, 2.24) is 9.21 Å². The van der Waals surface area contributed by atoms with Crippen LogP contribution in [-0.2, 0) is 14.8 Å². The summed E-state index contributed by atoms with van der Waals surface area (Å²) in [6, 6.07) is 14.9. The first-order chi connectivity index (χ1) is 14.2. The molecule has 1 aliphatic rings. The standard InChI is InChI=1S/C23H29N3O3S/c1-24(2)20-8-5-7-19(17-20)22-9-6-16-26(22)23(27)15-12-18-10-13-21(14-11-18)30(28,29)25(3)4/h5,7-8,10-15,17,22H,6,9,16H2,1-4H3/b15-12+. The van der Waals surface area contributed by atoms with Crippen LogP contribution in [0.25, 0.3) is 6.08 Å². The molecule has 3 rings (SSSR count). The summed E-state index contributed by atoms with van der Waals surface area (Å²) in [7, 11) is 3.57. The maximum atomic E-state index is 12.9. The fraction of sp³-hybridized carbons (Fsp3) is 0.348. The van der Waals surface area contributed by atoms with Crippen LogP contribution in [0.2, 0.25) is 0 Å². The summed E-state index contributed by atoms with van der Waals surface area (Å²) in [6.45, 7) is 0.736. The van der Waals surface area contributed by atoms with Crippen molar-refractivity contribution in [3.05, 3.63) is 65.7 Å². The Balaban J connectivity index is 1.73. The van der Waals surface area contributed by atoms with Gasteiger partial charge in [0.05, 0.1) is 10.9 Å². The van der Waals surface area contributed by atoms with Gasteiger partial charge in [0.2, 0.25) is 15.9 Å². The SMILES string of the molecule is CN(C)c1cccc(C2CCCN2C(=O)/C=C/c2ccc(S(=O)(=O)N(C)C)cc2)c1. The molecule has 1 atom stereocenters. The summed E-state index contributed by atoms with van der Waals surface area (Å²) in [4.78, 5) is 17.1. The highest BCUT2D eigenvalue weighted by molar-refractivity contribution is 7.89. The molecule has 6 nitrogen and oxygen atoms in total. The Morgan fingerprint density at radius 1 is 1.07 bits per heavy atom. The zero-order valence-electron chi connectivity index (χ0n) is 17.9. The predicted molar refractivity (Wildman–Crippen MR) is 121 cm³/mol. The number of anilines is 1. The Morgan fingerprint density at radius 2 is 1.77 bits per heavy atom. The minimum absolute atomic E-state index is 0.0299. The normalized spacial score (nSPS) is 17.1. The minimum Gasteiger partial charge on any atom is -0.378 e. The summed E-state index contributed by atoms with van der Waals surface area (Å²) in [5.41, 5.74) is 3.06. The average Bonchev–Trinajstić information content (AvgIpc) is 3.22. The number of amides is 1. The molecule has 0 spiro atoms. The van der Waals surface area contributed by atoms with Crippen LogP contribution in [0.1, 0.15) is 30.0 Å². The van der Waals surface area contributed by atoms with E-state index in [2.05, 4.69) is 23.1 Å². The maximum absolute atomic E-state index is 12.9. The highest BCUT2D eigenvalue weighted by atomic mass is 32.2. The van der Waals surface area contributed by atoms with Gasteiger partial charge in [0.15, 0.2) is 0 Å². The van der Waals surface area contributed by atoms with Crippen molar-refractivity contribution in [2.75, 3.05) is 39.6 Å². The van der Waals surface area contributed by atoms with Crippen LogP contribution in [0, 0.1) is 0 Å². The molecule has 2 aromatic rings. The van der Waals surface area contributed by atoms with E-state index in [9.17, 15) is 13.2 Å². The van der Waals surface area contributed by atoms with E-state index in [0.717, 1.165) is 36.2 Å². The average molecular weight is 428 g/mol. The topological polar surface area (TPSA) is 60.9 Å². The fourth-order valence-electron chi connectivity index (χ4n) is 3.61. The molecule has 0 bridgehead atoms. The number of carbonyl (C=O) groups excluding carboxylic acids is 1. The van der Waals surface area contributed by atoms with E-state index >= 15 is 0 Å². The number of carbonyl (C=O) groups is 1. The van der Waals surface area contributed by atoms with Crippen molar-refractivity contribution in [1.29, 1.82) is 0 Å². The Bertz CT molecular complexity index is 1030. The number of likely N-dealkylation sites (tertiary alicyclic amines) is 1. The van der Waals surface area contributed by atoms with Gasteiger partial charge in [0.25, 0.3) is 0 Å².